The number of nitrogens with zero attached hydrogens (tertiary/aromatic N) is 5. The van der Waals surface area contributed by atoms with Crippen molar-refractivity contribution in [1.82, 2.24) is 35.0 Å². The van der Waals surface area contributed by atoms with E-state index in [-0.39, 0.29) is 5.82 Å². The fourth-order valence-corrected chi connectivity index (χ4v) is 5.17. The maximum Gasteiger partial charge on any atom is 0.138 e. The molecule has 0 aliphatic carbocycles. The van der Waals surface area contributed by atoms with Gasteiger partial charge in [-0.05, 0) is 62.1 Å². The quantitative estimate of drug-likeness (QED) is 0.176. The Morgan fingerprint density at radius 2 is 1.69 bits per heavy atom. The van der Waals surface area contributed by atoms with E-state index in [9.17, 15) is 4.39 Å². The maximum atomic E-state index is 14.7. The Morgan fingerprint density at radius 1 is 0.822 bits per heavy atom. The van der Waals surface area contributed by atoms with E-state index in [4.69, 9.17) is 14.5 Å². The summed E-state index contributed by atoms with van der Waals surface area (Å²) >= 11 is 0. The summed E-state index contributed by atoms with van der Waals surface area (Å²) in [4.78, 5) is 19.4. The second kappa shape index (κ2) is 12.2. The molecule has 5 aromatic heterocycles. The number of hydrogen-bond donors (Lipinski definition) is 2. The van der Waals surface area contributed by atoms with Crippen LogP contribution in [0, 0.1) is 5.82 Å². The first-order chi connectivity index (χ1) is 22.0. The van der Waals surface area contributed by atoms with Gasteiger partial charge in [0.1, 0.15) is 41.7 Å². The molecule has 0 aliphatic heterocycles. The fourth-order valence-electron chi connectivity index (χ4n) is 5.17. The lowest BCUT2D eigenvalue weighted by molar-refractivity contribution is 0.260. The zero-order valence-corrected chi connectivity index (χ0v) is 24.8. The summed E-state index contributed by atoms with van der Waals surface area (Å²) in [6.07, 6.45) is 5.16. The predicted octanol–water partition coefficient (Wildman–Crippen LogP) is 6.89. The number of hydrogen-bond acceptors (Lipinski definition) is 7. The first-order valence-electron chi connectivity index (χ1n) is 14.5. The number of fused-ring (bicyclic) bond motifs is 2. The van der Waals surface area contributed by atoms with Gasteiger partial charge in [0.2, 0.25) is 0 Å². The average molecular weight is 600 g/mol. The molecule has 0 aliphatic rings. The van der Waals surface area contributed by atoms with Crippen LogP contribution in [-0.4, -0.2) is 62.3 Å². The minimum absolute atomic E-state index is 0.388. The average Bonchev–Trinajstić information content (AvgIpc) is 3.68. The molecule has 0 spiro atoms. The lowest BCUT2D eigenvalue weighted by atomic mass is 10.1. The number of benzene rings is 2. The van der Waals surface area contributed by atoms with Gasteiger partial charge in [0.25, 0.3) is 0 Å². The molecule has 7 aromatic rings. The summed E-state index contributed by atoms with van der Waals surface area (Å²) in [5, 5.41) is 8.51. The van der Waals surface area contributed by atoms with Crippen LogP contribution in [0.3, 0.4) is 0 Å². The van der Waals surface area contributed by atoms with Crippen LogP contribution in [0.4, 0.5) is 4.39 Å². The number of pyridine rings is 3. The topological polar surface area (TPSA) is 105 Å². The van der Waals surface area contributed by atoms with Crippen LogP contribution in [-0.2, 0) is 6.61 Å². The Kier molecular flexibility index (Phi) is 7.62. The van der Waals surface area contributed by atoms with Crippen molar-refractivity contribution >= 4 is 21.9 Å². The van der Waals surface area contributed by atoms with E-state index in [0.29, 0.717) is 47.2 Å². The van der Waals surface area contributed by atoms with E-state index in [1.54, 1.807) is 18.6 Å². The van der Waals surface area contributed by atoms with Crippen molar-refractivity contribution in [2.45, 2.75) is 6.61 Å². The molecule has 7 rings (SSSR count). The van der Waals surface area contributed by atoms with E-state index >= 15 is 0 Å². The minimum atomic E-state index is -0.388. The highest BCUT2D eigenvalue weighted by molar-refractivity contribution is 5.99. The molecular weight excluding hydrogens is 569 g/mol. The maximum absolute atomic E-state index is 14.7. The van der Waals surface area contributed by atoms with Crippen molar-refractivity contribution in [3.05, 3.63) is 109 Å². The second-order valence-corrected chi connectivity index (χ2v) is 11.0. The lowest BCUT2D eigenvalue weighted by Crippen LogP contribution is -2.19. The molecule has 0 radical (unpaired) electrons. The van der Waals surface area contributed by atoms with Gasteiger partial charge in [0.05, 0.1) is 28.8 Å². The summed E-state index contributed by atoms with van der Waals surface area (Å²) in [6.45, 7) is 1.62. The number of likely N-dealkylation sites (N-methyl/N-ethyl adjacent to an activating group) is 1. The Labute approximate surface area is 258 Å². The molecule has 0 fully saturated rings. The van der Waals surface area contributed by atoms with Crippen molar-refractivity contribution in [3.63, 3.8) is 0 Å². The smallest absolute Gasteiger partial charge is 0.138 e. The third-order valence-electron chi connectivity index (χ3n) is 7.42. The first-order valence-corrected chi connectivity index (χ1v) is 14.5. The van der Waals surface area contributed by atoms with Crippen LogP contribution in [0.2, 0.25) is 0 Å². The zero-order valence-electron chi connectivity index (χ0n) is 24.8. The van der Waals surface area contributed by atoms with Gasteiger partial charge in [0.15, 0.2) is 0 Å². The Morgan fingerprint density at radius 3 is 2.56 bits per heavy atom. The third kappa shape index (κ3) is 6.09. The van der Waals surface area contributed by atoms with Crippen LogP contribution in [0.15, 0.2) is 97.5 Å². The molecule has 0 bridgehead atoms. The molecule has 2 aromatic carbocycles. The molecule has 45 heavy (non-hydrogen) atoms. The molecule has 10 heteroatoms. The van der Waals surface area contributed by atoms with Gasteiger partial charge in [-0.1, -0.05) is 30.3 Å². The standard InChI is InChI=1S/C35H30FN7O2/c1-43(2)12-13-44-26-15-23(14-25(36)17-26)33-28-18-32(39-30(28)10-11-38-33)35-34-31(41-42-35)9-8-29(40-34)24-16-27(20-37-19-24)45-21-22-6-4-3-5-7-22/h3-11,14-20,39H,12-13,21H2,1-2H3,(H,41,42). The third-order valence-corrected chi connectivity index (χ3v) is 7.42. The molecule has 0 saturated heterocycles. The zero-order chi connectivity index (χ0) is 30.8. The van der Waals surface area contributed by atoms with Crippen LogP contribution < -0.4 is 9.47 Å². The van der Waals surface area contributed by atoms with Crippen LogP contribution >= 0.6 is 0 Å². The van der Waals surface area contributed by atoms with Crippen molar-refractivity contribution in [1.29, 1.82) is 0 Å². The van der Waals surface area contributed by atoms with E-state index in [2.05, 4.69) is 25.1 Å². The van der Waals surface area contributed by atoms with Crippen LogP contribution in [0.1, 0.15) is 5.56 Å². The number of rotatable bonds is 10. The number of ether oxygens (including phenoxy) is 2. The van der Waals surface area contributed by atoms with Gasteiger partial charge in [0, 0.05) is 47.0 Å². The van der Waals surface area contributed by atoms with Gasteiger partial charge in [-0.25, -0.2) is 9.37 Å². The van der Waals surface area contributed by atoms with Gasteiger partial charge in [-0.3, -0.25) is 15.1 Å². The van der Waals surface area contributed by atoms with Gasteiger partial charge < -0.3 is 19.4 Å². The fraction of sp³-hybridized carbons (Fsp3) is 0.143. The summed E-state index contributed by atoms with van der Waals surface area (Å²) in [5.74, 6) is 0.728. The van der Waals surface area contributed by atoms with E-state index < -0.39 is 0 Å². The monoisotopic (exact) mass is 599 g/mol. The Bertz CT molecular complexity index is 2110. The van der Waals surface area contributed by atoms with Gasteiger partial charge in [-0.2, -0.15) is 5.10 Å². The number of H-pyrrole nitrogens is 2. The molecule has 0 amide bonds. The molecular formula is C35H30FN7O2. The largest absolute Gasteiger partial charge is 0.492 e. The second-order valence-electron chi connectivity index (χ2n) is 11.0. The summed E-state index contributed by atoms with van der Waals surface area (Å²) < 4.78 is 26.5. The SMILES string of the molecule is CN(C)CCOc1cc(F)cc(-c2nccc3[nH]c(-c4n[nH]c5ccc(-c6cncc(OCc7ccccc7)c6)nc45)cc23)c1. The minimum Gasteiger partial charge on any atom is -0.492 e. The highest BCUT2D eigenvalue weighted by Crippen LogP contribution is 2.34. The lowest BCUT2D eigenvalue weighted by Gasteiger charge is -2.12. The molecule has 0 unspecified atom stereocenters. The highest BCUT2D eigenvalue weighted by Gasteiger charge is 2.17. The molecule has 0 atom stereocenters. The van der Waals surface area contributed by atoms with Crippen LogP contribution in [0.25, 0.3) is 55.8 Å². The first kappa shape index (κ1) is 28.2. The number of nitrogens with one attached hydrogen (secondary N) is 2. The van der Waals surface area contributed by atoms with Gasteiger partial charge in [-0.15, -0.1) is 0 Å². The van der Waals surface area contributed by atoms with E-state index in [0.717, 1.165) is 45.5 Å². The van der Waals surface area contributed by atoms with Crippen LogP contribution in [0.5, 0.6) is 11.5 Å². The van der Waals surface area contributed by atoms with Crippen molar-refractivity contribution in [3.8, 4) is 45.4 Å². The van der Waals surface area contributed by atoms with Crippen molar-refractivity contribution in [2.24, 2.45) is 0 Å². The van der Waals surface area contributed by atoms with Crippen molar-refractivity contribution in [2.75, 3.05) is 27.2 Å². The predicted molar refractivity (Wildman–Crippen MR) is 172 cm³/mol. The number of aromatic amines is 2. The number of halogens is 1. The molecule has 9 nitrogen and oxygen atoms in total. The van der Waals surface area contributed by atoms with Gasteiger partial charge >= 0.3 is 0 Å². The summed E-state index contributed by atoms with van der Waals surface area (Å²) in [7, 11) is 3.93. The molecule has 5 heterocycles. The van der Waals surface area contributed by atoms with E-state index in [1.165, 1.54) is 12.1 Å². The Balaban J connectivity index is 1.20. The summed E-state index contributed by atoms with van der Waals surface area (Å²) in [5.41, 5.74) is 7.65. The number of aromatic nitrogens is 6. The molecule has 2 N–H and O–H groups in total. The summed E-state index contributed by atoms with van der Waals surface area (Å²) in [6, 6.07) is 24.3. The normalized spacial score (nSPS) is 11.5. The Hall–Kier alpha value is -5.61. The van der Waals surface area contributed by atoms with Crippen molar-refractivity contribution < 1.29 is 13.9 Å². The molecule has 0 saturated carbocycles. The van der Waals surface area contributed by atoms with E-state index in [1.807, 2.05) is 85.7 Å². The molecule has 224 valence electrons. The highest BCUT2D eigenvalue weighted by atomic mass is 19.1.